The molecule has 0 spiro atoms. The van der Waals surface area contributed by atoms with Crippen molar-refractivity contribution in [1.82, 2.24) is 9.80 Å². The molecule has 0 radical (unpaired) electrons. The van der Waals surface area contributed by atoms with Gasteiger partial charge in [0.1, 0.15) is 0 Å². The van der Waals surface area contributed by atoms with Crippen LogP contribution in [-0.2, 0) is 4.74 Å². The van der Waals surface area contributed by atoms with Crippen molar-refractivity contribution in [3.63, 3.8) is 0 Å². The normalized spacial score (nSPS) is 31.5. The Bertz CT molecular complexity index is 120. The Labute approximate surface area is 75.3 Å². The van der Waals surface area contributed by atoms with E-state index in [2.05, 4.69) is 38.0 Å². The van der Waals surface area contributed by atoms with Gasteiger partial charge in [-0.25, -0.2) is 0 Å². The first kappa shape index (κ1) is 9.96. The predicted octanol–water partition coefficient (Wildman–Crippen LogP) is 0.267. The molecule has 2 atom stereocenters. The van der Waals surface area contributed by atoms with Gasteiger partial charge in [0.15, 0.2) is 0 Å². The van der Waals surface area contributed by atoms with Crippen LogP contribution in [-0.4, -0.2) is 63.3 Å². The smallest absolute Gasteiger partial charge is 0.0636 e. The van der Waals surface area contributed by atoms with E-state index < -0.39 is 0 Å². The topological polar surface area (TPSA) is 15.7 Å². The minimum absolute atomic E-state index is 0.550. The van der Waals surface area contributed by atoms with Gasteiger partial charge in [-0.15, -0.1) is 0 Å². The van der Waals surface area contributed by atoms with E-state index in [0.29, 0.717) is 12.1 Å². The lowest BCUT2D eigenvalue weighted by Crippen LogP contribution is -2.52. The van der Waals surface area contributed by atoms with Gasteiger partial charge in [-0.1, -0.05) is 0 Å². The average Bonchev–Trinajstić information content (AvgIpc) is 2.04. The lowest BCUT2D eigenvalue weighted by molar-refractivity contribution is -0.0131. The van der Waals surface area contributed by atoms with Crippen molar-refractivity contribution in [2.45, 2.75) is 18.5 Å². The zero-order valence-electron chi connectivity index (χ0n) is 8.58. The Morgan fingerprint density at radius 3 is 2.00 bits per heavy atom. The fraction of sp³-hybridized carbons (Fsp3) is 1.00. The summed E-state index contributed by atoms with van der Waals surface area (Å²) in [7, 11) is 8.53. The van der Waals surface area contributed by atoms with Gasteiger partial charge in [-0.05, 0) is 34.6 Å². The summed E-state index contributed by atoms with van der Waals surface area (Å²) >= 11 is 0. The largest absolute Gasteiger partial charge is 0.380 e. The molecular weight excluding hydrogens is 152 g/mol. The molecule has 1 rings (SSSR count). The maximum atomic E-state index is 5.46. The van der Waals surface area contributed by atoms with Crippen LogP contribution in [0.1, 0.15) is 6.42 Å². The van der Waals surface area contributed by atoms with Crippen molar-refractivity contribution in [3.8, 4) is 0 Å². The van der Waals surface area contributed by atoms with E-state index in [1.807, 2.05) is 0 Å². The summed E-state index contributed by atoms with van der Waals surface area (Å²) in [6, 6.07) is 1.20. The number of hydrogen-bond donors (Lipinski definition) is 0. The lowest BCUT2D eigenvalue weighted by Gasteiger charge is -2.39. The van der Waals surface area contributed by atoms with E-state index in [1.54, 1.807) is 0 Å². The molecule has 1 heterocycles. The third-order valence-corrected chi connectivity index (χ3v) is 2.62. The van der Waals surface area contributed by atoms with Gasteiger partial charge in [0.25, 0.3) is 0 Å². The van der Waals surface area contributed by atoms with Crippen molar-refractivity contribution >= 4 is 0 Å². The van der Waals surface area contributed by atoms with Crippen molar-refractivity contribution in [1.29, 1.82) is 0 Å². The van der Waals surface area contributed by atoms with E-state index in [9.17, 15) is 0 Å². The highest BCUT2D eigenvalue weighted by Gasteiger charge is 2.28. The third-order valence-electron chi connectivity index (χ3n) is 2.62. The standard InChI is InChI=1S/C9H20N2O/c1-10(2)8-5-6-12-7-9(8)11(3)4/h8-9H,5-7H2,1-4H3. The summed E-state index contributed by atoms with van der Waals surface area (Å²) in [4.78, 5) is 4.55. The number of rotatable bonds is 2. The van der Waals surface area contributed by atoms with Crippen LogP contribution in [0.15, 0.2) is 0 Å². The molecule has 0 saturated carbocycles. The lowest BCUT2D eigenvalue weighted by atomic mass is 10.0. The Kier molecular flexibility index (Phi) is 3.50. The molecule has 0 aromatic heterocycles. The van der Waals surface area contributed by atoms with Gasteiger partial charge in [-0.2, -0.15) is 0 Å². The predicted molar refractivity (Wildman–Crippen MR) is 50.4 cm³/mol. The van der Waals surface area contributed by atoms with E-state index in [4.69, 9.17) is 4.74 Å². The molecule has 0 aromatic rings. The second kappa shape index (κ2) is 4.21. The average molecular weight is 172 g/mol. The molecule has 0 amide bonds. The summed E-state index contributed by atoms with van der Waals surface area (Å²) in [6.07, 6.45) is 1.15. The Hall–Kier alpha value is -0.120. The van der Waals surface area contributed by atoms with Crippen LogP contribution in [0.2, 0.25) is 0 Å². The molecule has 1 fully saturated rings. The fourth-order valence-electron chi connectivity index (χ4n) is 1.81. The SMILES string of the molecule is CN(C)C1CCOCC1N(C)C. The molecule has 0 aromatic carbocycles. The highest BCUT2D eigenvalue weighted by atomic mass is 16.5. The van der Waals surface area contributed by atoms with Gasteiger partial charge in [0.05, 0.1) is 6.61 Å². The summed E-state index contributed by atoms with van der Waals surface area (Å²) in [5.74, 6) is 0. The zero-order chi connectivity index (χ0) is 9.14. The summed E-state index contributed by atoms with van der Waals surface area (Å²) in [5, 5.41) is 0. The molecule has 0 aliphatic carbocycles. The van der Waals surface area contributed by atoms with Crippen LogP contribution >= 0.6 is 0 Å². The molecule has 3 nitrogen and oxygen atoms in total. The van der Waals surface area contributed by atoms with E-state index in [1.165, 1.54) is 0 Å². The zero-order valence-corrected chi connectivity index (χ0v) is 8.58. The van der Waals surface area contributed by atoms with Crippen LogP contribution in [0.4, 0.5) is 0 Å². The molecule has 0 bridgehead atoms. The molecule has 0 N–H and O–H groups in total. The monoisotopic (exact) mass is 172 g/mol. The minimum Gasteiger partial charge on any atom is -0.380 e. The molecule has 1 aliphatic heterocycles. The van der Waals surface area contributed by atoms with Crippen LogP contribution in [0, 0.1) is 0 Å². The van der Waals surface area contributed by atoms with Crippen LogP contribution in [0.25, 0.3) is 0 Å². The van der Waals surface area contributed by atoms with E-state index >= 15 is 0 Å². The maximum Gasteiger partial charge on any atom is 0.0636 e. The summed E-state index contributed by atoms with van der Waals surface area (Å²) in [5.41, 5.74) is 0. The fourth-order valence-corrected chi connectivity index (χ4v) is 1.81. The Morgan fingerprint density at radius 2 is 1.58 bits per heavy atom. The second-order valence-corrected chi connectivity index (χ2v) is 3.93. The van der Waals surface area contributed by atoms with E-state index in [0.717, 1.165) is 19.6 Å². The molecule has 1 aliphatic rings. The first-order valence-electron chi connectivity index (χ1n) is 4.53. The maximum absolute atomic E-state index is 5.46. The van der Waals surface area contributed by atoms with Gasteiger partial charge in [0.2, 0.25) is 0 Å². The van der Waals surface area contributed by atoms with Crippen molar-refractivity contribution in [3.05, 3.63) is 0 Å². The summed E-state index contributed by atoms with van der Waals surface area (Å²) in [6.45, 7) is 1.78. The molecule has 1 saturated heterocycles. The van der Waals surface area contributed by atoms with Crippen LogP contribution in [0.5, 0.6) is 0 Å². The highest BCUT2D eigenvalue weighted by molar-refractivity contribution is 4.84. The Balaban J connectivity index is 2.54. The van der Waals surface area contributed by atoms with Crippen molar-refractivity contribution in [2.24, 2.45) is 0 Å². The first-order chi connectivity index (χ1) is 5.63. The molecule has 12 heavy (non-hydrogen) atoms. The Morgan fingerprint density at radius 1 is 1.00 bits per heavy atom. The molecular formula is C9H20N2O. The first-order valence-corrected chi connectivity index (χ1v) is 4.53. The minimum atomic E-state index is 0.550. The van der Waals surface area contributed by atoms with Gasteiger partial charge in [0, 0.05) is 18.7 Å². The van der Waals surface area contributed by atoms with Crippen molar-refractivity contribution < 1.29 is 4.74 Å². The van der Waals surface area contributed by atoms with Crippen molar-refractivity contribution in [2.75, 3.05) is 41.4 Å². The number of hydrogen-bond acceptors (Lipinski definition) is 3. The quantitative estimate of drug-likeness (QED) is 0.594. The van der Waals surface area contributed by atoms with Gasteiger partial charge in [-0.3, -0.25) is 0 Å². The number of nitrogens with zero attached hydrogens (tertiary/aromatic N) is 2. The van der Waals surface area contributed by atoms with Crippen LogP contribution < -0.4 is 0 Å². The van der Waals surface area contributed by atoms with Crippen LogP contribution in [0.3, 0.4) is 0 Å². The van der Waals surface area contributed by atoms with E-state index in [-0.39, 0.29) is 0 Å². The highest BCUT2D eigenvalue weighted by Crippen LogP contribution is 2.15. The molecule has 72 valence electrons. The van der Waals surface area contributed by atoms with Gasteiger partial charge < -0.3 is 14.5 Å². The summed E-state index contributed by atoms with van der Waals surface area (Å²) < 4.78 is 5.46. The number of ether oxygens (including phenoxy) is 1. The molecule has 3 heteroatoms. The molecule has 2 unspecified atom stereocenters. The number of likely N-dealkylation sites (N-methyl/N-ethyl adjacent to an activating group) is 2. The van der Waals surface area contributed by atoms with Gasteiger partial charge >= 0.3 is 0 Å². The second-order valence-electron chi connectivity index (χ2n) is 3.93. The third kappa shape index (κ3) is 2.19.